The summed E-state index contributed by atoms with van der Waals surface area (Å²) in [5, 5.41) is 4.46. The van der Waals surface area contributed by atoms with E-state index in [1.807, 2.05) is 22.8 Å². The Morgan fingerprint density at radius 3 is 2.72 bits per heavy atom. The first kappa shape index (κ1) is 16.1. The average molecular weight is 337 g/mol. The molecule has 3 aromatic rings. The monoisotopic (exact) mass is 337 g/mol. The van der Waals surface area contributed by atoms with E-state index < -0.39 is 0 Å². The summed E-state index contributed by atoms with van der Waals surface area (Å²) in [5.41, 5.74) is 11.1. The van der Waals surface area contributed by atoms with Crippen LogP contribution in [-0.2, 0) is 11.2 Å². The summed E-state index contributed by atoms with van der Waals surface area (Å²) in [4.78, 5) is 6.67. The molecule has 0 saturated carbocycles. The van der Waals surface area contributed by atoms with Crippen LogP contribution >= 0.6 is 0 Å². The molecule has 0 radical (unpaired) electrons. The van der Waals surface area contributed by atoms with E-state index >= 15 is 0 Å². The van der Waals surface area contributed by atoms with Crippen molar-refractivity contribution in [2.75, 3.05) is 38.6 Å². The maximum absolute atomic E-state index is 5.82. The van der Waals surface area contributed by atoms with Gasteiger partial charge in [0.15, 0.2) is 0 Å². The second-order valence-corrected chi connectivity index (χ2v) is 6.44. The third-order valence-electron chi connectivity index (χ3n) is 4.75. The van der Waals surface area contributed by atoms with Crippen molar-refractivity contribution < 1.29 is 4.74 Å². The smallest absolute Gasteiger partial charge is 0.136 e. The molecule has 6 heteroatoms. The maximum atomic E-state index is 5.82. The molecule has 1 aromatic carbocycles. The first-order chi connectivity index (χ1) is 12.3. The van der Waals surface area contributed by atoms with Crippen molar-refractivity contribution in [2.45, 2.75) is 12.8 Å². The maximum Gasteiger partial charge on any atom is 0.136 e. The summed E-state index contributed by atoms with van der Waals surface area (Å²) < 4.78 is 7.42. The van der Waals surface area contributed by atoms with Crippen LogP contribution < -0.4 is 5.73 Å². The second-order valence-electron chi connectivity index (χ2n) is 6.44. The Hall–Kier alpha value is -2.44. The number of hydrogen-bond acceptors (Lipinski definition) is 5. The van der Waals surface area contributed by atoms with Crippen LogP contribution in [0.4, 0.5) is 5.69 Å². The van der Waals surface area contributed by atoms with Gasteiger partial charge in [-0.25, -0.2) is 9.50 Å². The lowest BCUT2D eigenvalue weighted by Crippen LogP contribution is -2.37. The lowest BCUT2D eigenvalue weighted by Gasteiger charge is -2.26. The lowest BCUT2D eigenvalue weighted by atomic mass is 10.1. The zero-order chi connectivity index (χ0) is 17.1. The number of fused-ring (bicyclic) bond motifs is 1. The van der Waals surface area contributed by atoms with Gasteiger partial charge in [0.2, 0.25) is 0 Å². The molecule has 0 spiro atoms. The van der Waals surface area contributed by atoms with Crippen LogP contribution in [0.3, 0.4) is 0 Å². The number of nitrogens with two attached hydrogens (primary N) is 1. The number of nitrogen functional groups attached to an aromatic ring is 1. The molecule has 0 amide bonds. The van der Waals surface area contributed by atoms with E-state index in [-0.39, 0.29) is 0 Å². The average Bonchev–Trinajstić information content (AvgIpc) is 3.02. The highest BCUT2D eigenvalue weighted by Crippen LogP contribution is 2.28. The molecule has 1 fully saturated rings. The van der Waals surface area contributed by atoms with Gasteiger partial charge in [-0.1, -0.05) is 12.1 Å². The van der Waals surface area contributed by atoms with Crippen molar-refractivity contribution in [2.24, 2.45) is 0 Å². The quantitative estimate of drug-likeness (QED) is 0.723. The van der Waals surface area contributed by atoms with Crippen LogP contribution in [0.1, 0.15) is 12.1 Å². The largest absolute Gasteiger partial charge is 0.399 e. The molecule has 0 bridgehead atoms. The number of anilines is 1. The van der Waals surface area contributed by atoms with Crippen molar-refractivity contribution in [3.63, 3.8) is 0 Å². The standard InChI is InChI=1S/C19H23N5O/c20-16-5-3-15(4-6-16)18-12-17(24-19(18)13-21-14-22-24)2-1-7-23-8-10-25-11-9-23/h3-6,12-14H,1-2,7-11,20H2. The van der Waals surface area contributed by atoms with Gasteiger partial charge in [-0.2, -0.15) is 5.10 Å². The number of morpholine rings is 1. The minimum absolute atomic E-state index is 0.772. The van der Waals surface area contributed by atoms with Crippen molar-refractivity contribution in [3.8, 4) is 11.1 Å². The summed E-state index contributed by atoms with van der Waals surface area (Å²) >= 11 is 0. The number of hydrogen-bond donors (Lipinski definition) is 1. The molecule has 25 heavy (non-hydrogen) atoms. The fourth-order valence-corrected chi connectivity index (χ4v) is 3.40. The van der Waals surface area contributed by atoms with E-state index in [1.165, 1.54) is 5.69 Å². The third kappa shape index (κ3) is 3.50. The predicted octanol–water partition coefficient (Wildman–Crippen LogP) is 2.24. The Morgan fingerprint density at radius 1 is 1.12 bits per heavy atom. The van der Waals surface area contributed by atoms with Gasteiger partial charge in [-0.3, -0.25) is 4.90 Å². The molecule has 2 aromatic heterocycles. The topological polar surface area (TPSA) is 68.7 Å². The molecular formula is C19H23N5O. The molecule has 4 rings (SSSR count). The van der Waals surface area contributed by atoms with Crippen molar-refractivity contribution in [1.29, 1.82) is 0 Å². The number of rotatable bonds is 5. The molecule has 130 valence electrons. The van der Waals surface area contributed by atoms with E-state index in [1.54, 1.807) is 6.33 Å². The van der Waals surface area contributed by atoms with Crippen molar-refractivity contribution in [1.82, 2.24) is 19.5 Å². The fourth-order valence-electron chi connectivity index (χ4n) is 3.40. The van der Waals surface area contributed by atoms with E-state index in [0.29, 0.717) is 0 Å². The Balaban J connectivity index is 1.55. The zero-order valence-corrected chi connectivity index (χ0v) is 14.3. The molecule has 1 aliphatic heterocycles. The second kappa shape index (κ2) is 7.21. The highest BCUT2D eigenvalue weighted by molar-refractivity contribution is 5.81. The SMILES string of the molecule is Nc1ccc(-c2cc(CCCN3CCOCC3)n3ncncc23)cc1. The van der Waals surface area contributed by atoms with Crippen molar-refractivity contribution >= 4 is 11.2 Å². The van der Waals surface area contributed by atoms with Crippen LogP contribution in [0.15, 0.2) is 42.9 Å². The molecule has 1 aliphatic rings. The summed E-state index contributed by atoms with van der Waals surface area (Å²) in [6.07, 6.45) is 5.58. The minimum Gasteiger partial charge on any atom is -0.399 e. The van der Waals surface area contributed by atoms with Crippen LogP contribution in [0, 0.1) is 0 Å². The van der Waals surface area contributed by atoms with E-state index in [4.69, 9.17) is 10.5 Å². The van der Waals surface area contributed by atoms with Gasteiger partial charge in [0.05, 0.1) is 24.9 Å². The molecule has 0 atom stereocenters. The summed E-state index contributed by atoms with van der Waals surface area (Å²) in [6, 6.07) is 10.2. The van der Waals surface area contributed by atoms with Gasteiger partial charge >= 0.3 is 0 Å². The minimum atomic E-state index is 0.772. The first-order valence-corrected chi connectivity index (χ1v) is 8.78. The normalized spacial score (nSPS) is 15.7. The molecule has 2 N–H and O–H groups in total. The van der Waals surface area contributed by atoms with E-state index in [9.17, 15) is 0 Å². The summed E-state index contributed by atoms with van der Waals surface area (Å²) in [5.74, 6) is 0. The van der Waals surface area contributed by atoms with Gasteiger partial charge in [-0.05, 0) is 43.1 Å². The highest BCUT2D eigenvalue weighted by Gasteiger charge is 2.13. The Labute approximate surface area is 147 Å². The Bertz CT molecular complexity index is 837. The number of benzene rings is 1. The third-order valence-corrected chi connectivity index (χ3v) is 4.75. The van der Waals surface area contributed by atoms with Crippen LogP contribution in [-0.4, -0.2) is 52.3 Å². The van der Waals surface area contributed by atoms with E-state index in [0.717, 1.165) is 68.0 Å². The van der Waals surface area contributed by atoms with Crippen molar-refractivity contribution in [3.05, 3.63) is 48.5 Å². The van der Waals surface area contributed by atoms with Gasteiger partial charge < -0.3 is 10.5 Å². The fraction of sp³-hybridized carbons (Fsp3) is 0.368. The van der Waals surface area contributed by atoms with Crippen LogP contribution in [0.2, 0.25) is 0 Å². The lowest BCUT2D eigenvalue weighted by molar-refractivity contribution is 0.0374. The van der Waals surface area contributed by atoms with Gasteiger partial charge in [-0.15, -0.1) is 0 Å². The molecule has 1 saturated heterocycles. The number of nitrogens with zero attached hydrogens (tertiary/aromatic N) is 4. The molecule has 0 aliphatic carbocycles. The van der Waals surface area contributed by atoms with E-state index in [2.05, 4.69) is 33.2 Å². The molecule has 3 heterocycles. The van der Waals surface area contributed by atoms with Gasteiger partial charge in [0.1, 0.15) is 6.33 Å². The summed E-state index contributed by atoms with van der Waals surface area (Å²) in [6.45, 7) is 4.87. The zero-order valence-electron chi connectivity index (χ0n) is 14.3. The van der Waals surface area contributed by atoms with Gasteiger partial charge in [0.25, 0.3) is 0 Å². The predicted molar refractivity (Wildman–Crippen MR) is 98.4 cm³/mol. The van der Waals surface area contributed by atoms with Crippen LogP contribution in [0.5, 0.6) is 0 Å². The van der Waals surface area contributed by atoms with Crippen LogP contribution in [0.25, 0.3) is 16.6 Å². The number of ether oxygens (including phenoxy) is 1. The first-order valence-electron chi connectivity index (χ1n) is 8.78. The summed E-state index contributed by atoms with van der Waals surface area (Å²) in [7, 11) is 0. The molecule has 6 nitrogen and oxygen atoms in total. The Morgan fingerprint density at radius 2 is 1.92 bits per heavy atom. The molecular weight excluding hydrogens is 314 g/mol. The molecule has 0 unspecified atom stereocenters. The Kier molecular flexibility index (Phi) is 4.63. The number of aryl methyl sites for hydroxylation is 1. The number of aromatic nitrogens is 3. The van der Waals surface area contributed by atoms with Gasteiger partial charge in [0, 0.05) is 30.0 Å². The highest BCUT2D eigenvalue weighted by atomic mass is 16.5.